The minimum absolute atomic E-state index is 0.128. The fourth-order valence-corrected chi connectivity index (χ4v) is 5.81. The van der Waals surface area contributed by atoms with Gasteiger partial charge in [0.15, 0.2) is 0 Å². The highest BCUT2D eigenvalue weighted by molar-refractivity contribution is 6.15. The van der Waals surface area contributed by atoms with Crippen LogP contribution in [-0.2, 0) is 25.7 Å². The first-order chi connectivity index (χ1) is 14.9. The van der Waals surface area contributed by atoms with Gasteiger partial charge in [-0.2, -0.15) is 0 Å². The fourth-order valence-electron chi connectivity index (χ4n) is 5.81. The summed E-state index contributed by atoms with van der Waals surface area (Å²) in [5.74, 6) is -1.57. The maximum atomic E-state index is 13.6. The molecule has 2 bridgehead atoms. The Kier molecular flexibility index (Phi) is 4.53. The number of imide groups is 2. The number of carbonyl (C=O) groups is 4. The number of nitrogens with zero attached hydrogens (tertiary/aromatic N) is 2. The van der Waals surface area contributed by atoms with Crippen molar-refractivity contribution >= 4 is 23.6 Å². The van der Waals surface area contributed by atoms with Crippen LogP contribution in [0, 0.1) is 17.8 Å². The van der Waals surface area contributed by atoms with Crippen molar-refractivity contribution in [2.45, 2.75) is 51.1 Å². The number of rotatable bonds is 5. The Balaban J connectivity index is 1.44. The normalized spacial score (nSPS) is 32.1. The molecule has 3 aliphatic heterocycles. The first kappa shape index (κ1) is 20.0. The lowest BCUT2D eigenvalue weighted by Gasteiger charge is -2.56. The molecule has 3 saturated heterocycles. The second-order valence-electron chi connectivity index (χ2n) is 9.02. The van der Waals surface area contributed by atoms with E-state index in [-0.39, 0.29) is 48.9 Å². The van der Waals surface area contributed by atoms with Gasteiger partial charge in [0.2, 0.25) is 17.7 Å². The highest BCUT2D eigenvalue weighted by Gasteiger charge is 2.69. The lowest BCUT2D eigenvalue weighted by atomic mass is 9.62. The zero-order chi connectivity index (χ0) is 21.9. The van der Waals surface area contributed by atoms with Gasteiger partial charge in [-0.25, -0.2) is 0 Å². The average Bonchev–Trinajstić information content (AvgIpc) is 3.01. The minimum atomic E-state index is -1.20. The smallest absolute Gasteiger partial charge is 0.256 e. The Labute approximate surface area is 181 Å². The van der Waals surface area contributed by atoms with E-state index in [0.717, 1.165) is 24.0 Å². The molecule has 2 atom stereocenters. The van der Waals surface area contributed by atoms with Crippen LogP contribution in [-0.4, -0.2) is 46.1 Å². The van der Waals surface area contributed by atoms with E-state index in [1.54, 1.807) is 19.2 Å². The molecule has 5 aliphatic rings. The van der Waals surface area contributed by atoms with Crippen LogP contribution < -0.4 is 4.74 Å². The maximum Gasteiger partial charge on any atom is 0.256 e. The van der Waals surface area contributed by atoms with Crippen LogP contribution in [0.15, 0.2) is 35.9 Å². The lowest BCUT2D eigenvalue weighted by Crippen LogP contribution is -2.74. The SMILES string of the molecule is CCC1=CCCC2C(=O)N(C34CC(C3)C(=O)N(Cc3ccc(OC)cc3)C4=O)C(=O)C12. The third-order valence-corrected chi connectivity index (χ3v) is 7.47. The van der Waals surface area contributed by atoms with Gasteiger partial charge in [0.05, 0.1) is 25.5 Å². The molecule has 6 rings (SSSR count). The molecule has 1 saturated carbocycles. The number of allylic oxidation sites excluding steroid dienone is 1. The van der Waals surface area contributed by atoms with Gasteiger partial charge in [-0.05, 0) is 49.8 Å². The molecule has 0 aromatic heterocycles. The van der Waals surface area contributed by atoms with E-state index in [1.807, 2.05) is 19.1 Å². The summed E-state index contributed by atoms with van der Waals surface area (Å²) in [5, 5.41) is 0. The maximum absolute atomic E-state index is 13.6. The Morgan fingerprint density at radius 2 is 1.74 bits per heavy atom. The van der Waals surface area contributed by atoms with Gasteiger partial charge in [-0.15, -0.1) is 0 Å². The third-order valence-electron chi connectivity index (χ3n) is 7.47. The van der Waals surface area contributed by atoms with Crippen molar-refractivity contribution in [1.82, 2.24) is 9.80 Å². The predicted molar refractivity (Wildman–Crippen MR) is 110 cm³/mol. The highest BCUT2D eigenvalue weighted by Crippen LogP contribution is 2.53. The first-order valence-corrected chi connectivity index (χ1v) is 11.0. The van der Waals surface area contributed by atoms with Gasteiger partial charge >= 0.3 is 0 Å². The van der Waals surface area contributed by atoms with Crippen LogP contribution in [0.5, 0.6) is 5.75 Å². The van der Waals surface area contributed by atoms with Gasteiger partial charge in [-0.3, -0.25) is 29.0 Å². The van der Waals surface area contributed by atoms with Gasteiger partial charge in [0, 0.05) is 5.92 Å². The van der Waals surface area contributed by atoms with E-state index in [4.69, 9.17) is 4.74 Å². The van der Waals surface area contributed by atoms with Crippen molar-refractivity contribution in [1.29, 1.82) is 0 Å². The van der Waals surface area contributed by atoms with Crippen molar-refractivity contribution in [2.24, 2.45) is 17.8 Å². The molecule has 7 nitrogen and oxygen atoms in total. The summed E-state index contributed by atoms with van der Waals surface area (Å²) in [5.41, 5.74) is 0.594. The lowest BCUT2D eigenvalue weighted by molar-refractivity contribution is -0.187. The molecule has 31 heavy (non-hydrogen) atoms. The number of methoxy groups -OCH3 is 1. The second-order valence-corrected chi connectivity index (χ2v) is 9.02. The van der Waals surface area contributed by atoms with Crippen LogP contribution in [0.3, 0.4) is 0 Å². The number of benzene rings is 1. The molecule has 0 N–H and O–H groups in total. The molecule has 4 amide bonds. The standard InChI is InChI=1S/C24H26N2O5/c1-3-15-5-4-6-18-19(15)22(29)26(21(18)28)24-11-16(12-24)20(27)25(23(24)30)13-14-7-9-17(31-2)10-8-14/h5,7-10,16,18-19H,3-4,6,11-13H2,1-2H3. The summed E-state index contributed by atoms with van der Waals surface area (Å²) in [6.45, 7) is 2.12. The van der Waals surface area contributed by atoms with Gasteiger partial charge in [-0.1, -0.05) is 30.7 Å². The van der Waals surface area contributed by atoms with E-state index in [1.165, 1.54) is 9.80 Å². The first-order valence-electron chi connectivity index (χ1n) is 11.0. The molecular weight excluding hydrogens is 396 g/mol. The van der Waals surface area contributed by atoms with Crippen molar-refractivity contribution in [3.63, 3.8) is 0 Å². The van der Waals surface area contributed by atoms with E-state index in [2.05, 4.69) is 6.08 Å². The van der Waals surface area contributed by atoms with E-state index in [0.29, 0.717) is 12.2 Å². The van der Waals surface area contributed by atoms with Crippen molar-refractivity contribution in [3.05, 3.63) is 41.5 Å². The van der Waals surface area contributed by atoms with Crippen molar-refractivity contribution < 1.29 is 23.9 Å². The summed E-state index contributed by atoms with van der Waals surface area (Å²) in [4.78, 5) is 55.6. The summed E-state index contributed by atoms with van der Waals surface area (Å²) in [6, 6.07) is 7.18. The fraction of sp³-hybridized carbons (Fsp3) is 0.500. The van der Waals surface area contributed by atoms with Gasteiger partial charge in [0.1, 0.15) is 11.3 Å². The van der Waals surface area contributed by atoms with Gasteiger partial charge < -0.3 is 4.74 Å². The Bertz CT molecular complexity index is 1010. The zero-order valence-corrected chi connectivity index (χ0v) is 17.8. The molecule has 1 aromatic carbocycles. The van der Waals surface area contributed by atoms with Crippen molar-refractivity contribution in [3.8, 4) is 5.75 Å². The Morgan fingerprint density at radius 1 is 1.03 bits per heavy atom. The van der Waals surface area contributed by atoms with Crippen LogP contribution >= 0.6 is 0 Å². The summed E-state index contributed by atoms with van der Waals surface area (Å²) < 4.78 is 5.16. The number of likely N-dealkylation sites (tertiary alicyclic amines) is 1. The molecule has 1 aromatic rings. The Morgan fingerprint density at radius 3 is 2.39 bits per heavy atom. The number of fused-ring (bicyclic) bond motifs is 3. The third kappa shape index (κ3) is 2.71. The largest absolute Gasteiger partial charge is 0.497 e. The number of hydrogen-bond acceptors (Lipinski definition) is 5. The molecule has 2 unspecified atom stereocenters. The van der Waals surface area contributed by atoms with Crippen LogP contribution in [0.4, 0.5) is 0 Å². The summed E-state index contributed by atoms with van der Waals surface area (Å²) >= 11 is 0. The molecule has 7 heteroatoms. The predicted octanol–water partition coefficient (Wildman–Crippen LogP) is 2.44. The van der Waals surface area contributed by atoms with E-state index < -0.39 is 17.4 Å². The van der Waals surface area contributed by atoms with Gasteiger partial charge in [0.25, 0.3) is 5.91 Å². The number of piperidine rings is 2. The monoisotopic (exact) mass is 422 g/mol. The molecule has 0 spiro atoms. The van der Waals surface area contributed by atoms with Crippen LogP contribution in [0.25, 0.3) is 0 Å². The van der Waals surface area contributed by atoms with Crippen LogP contribution in [0.1, 0.15) is 44.6 Å². The van der Waals surface area contributed by atoms with Crippen molar-refractivity contribution in [2.75, 3.05) is 7.11 Å². The molecule has 162 valence electrons. The molecule has 2 aliphatic carbocycles. The van der Waals surface area contributed by atoms with Crippen LogP contribution in [0.2, 0.25) is 0 Å². The number of hydrogen-bond donors (Lipinski definition) is 0. The number of ether oxygens (including phenoxy) is 1. The summed E-state index contributed by atoms with van der Waals surface area (Å²) in [6.07, 6.45) is 4.72. The average molecular weight is 422 g/mol. The Hall–Kier alpha value is -2.96. The molecule has 0 radical (unpaired) electrons. The minimum Gasteiger partial charge on any atom is -0.497 e. The molecular formula is C24H26N2O5. The molecule has 3 heterocycles. The van der Waals surface area contributed by atoms with E-state index >= 15 is 0 Å². The highest BCUT2D eigenvalue weighted by atomic mass is 16.5. The second kappa shape index (κ2) is 7.04. The number of amides is 4. The van der Waals surface area contributed by atoms with E-state index in [9.17, 15) is 19.2 Å². The molecule has 4 fully saturated rings. The topological polar surface area (TPSA) is 84.0 Å². The zero-order valence-electron chi connectivity index (χ0n) is 17.8. The quantitative estimate of drug-likeness (QED) is 0.538. The number of carbonyl (C=O) groups excluding carboxylic acids is 4. The summed E-state index contributed by atoms with van der Waals surface area (Å²) in [7, 11) is 1.57.